The molecule has 122 valence electrons. The summed E-state index contributed by atoms with van der Waals surface area (Å²) in [5, 5.41) is 4.86. The molecule has 0 bridgehead atoms. The summed E-state index contributed by atoms with van der Waals surface area (Å²) in [6, 6.07) is -0.0279. The lowest BCUT2D eigenvalue weighted by atomic mass is 10.0. The SMILES string of the molecule is COCC(=O)NC1CCN(C(=O)CNCC(F)(F)F)CC1. The molecule has 0 aromatic carbocycles. The van der Waals surface area contributed by atoms with E-state index in [1.54, 1.807) is 0 Å². The normalized spacial score (nSPS) is 16.9. The van der Waals surface area contributed by atoms with Crippen LogP contribution in [-0.4, -0.2) is 68.8 Å². The maximum Gasteiger partial charge on any atom is 0.401 e. The first-order valence-corrected chi connectivity index (χ1v) is 6.65. The molecule has 1 rings (SSSR count). The molecule has 21 heavy (non-hydrogen) atoms. The number of likely N-dealkylation sites (tertiary alicyclic amines) is 1. The summed E-state index contributed by atoms with van der Waals surface area (Å²) in [7, 11) is 1.43. The minimum Gasteiger partial charge on any atom is -0.375 e. The van der Waals surface area contributed by atoms with Crippen LogP contribution in [0.1, 0.15) is 12.8 Å². The fourth-order valence-corrected chi connectivity index (χ4v) is 2.10. The number of carbonyl (C=O) groups excluding carboxylic acids is 2. The van der Waals surface area contributed by atoms with Crippen LogP contribution < -0.4 is 10.6 Å². The molecule has 1 aliphatic heterocycles. The number of rotatable bonds is 6. The van der Waals surface area contributed by atoms with Gasteiger partial charge in [0.25, 0.3) is 0 Å². The van der Waals surface area contributed by atoms with Crippen molar-refractivity contribution in [2.45, 2.75) is 25.1 Å². The first-order chi connectivity index (χ1) is 9.81. The molecule has 0 radical (unpaired) electrons. The summed E-state index contributed by atoms with van der Waals surface area (Å²) in [6.07, 6.45) is -3.15. The number of halogens is 3. The smallest absolute Gasteiger partial charge is 0.375 e. The van der Waals surface area contributed by atoms with Gasteiger partial charge in [0.05, 0.1) is 13.1 Å². The third-order valence-electron chi connectivity index (χ3n) is 3.09. The third kappa shape index (κ3) is 7.28. The molecule has 1 aliphatic rings. The number of methoxy groups -OCH3 is 1. The lowest BCUT2D eigenvalue weighted by Gasteiger charge is -2.32. The number of hydrogen-bond donors (Lipinski definition) is 2. The number of amides is 2. The van der Waals surface area contributed by atoms with Crippen molar-refractivity contribution in [2.24, 2.45) is 0 Å². The van der Waals surface area contributed by atoms with E-state index in [4.69, 9.17) is 4.74 Å². The minimum atomic E-state index is -4.32. The zero-order chi connectivity index (χ0) is 15.9. The number of carbonyl (C=O) groups is 2. The molecule has 1 heterocycles. The van der Waals surface area contributed by atoms with Gasteiger partial charge in [-0.3, -0.25) is 9.59 Å². The van der Waals surface area contributed by atoms with E-state index in [1.807, 2.05) is 0 Å². The topological polar surface area (TPSA) is 70.7 Å². The Labute approximate surface area is 121 Å². The Morgan fingerprint density at radius 2 is 1.90 bits per heavy atom. The quantitative estimate of drug-likeness (QED) is 0.718. The molecule has 1 saturated heterocycles. The Bertz CT molecular complexity index is 355. The first-order valence-electron chi connectivity index (χ1n) is 6.65. The maximum absolute atomic E-state index is 11.9. The molecular formula is C12H20F3N3O3. The molecule has 2 amide bonds. The Balaban J connectivity index is 2.23. The van der Waals surface area contributed by atoms with Crippen LogP contribution in [0, 0.1) is 0 Å². The molecule has 0 aliphatic carbocycles. The molecule has 0 saturated carbocycles. The number of piperidine rings is 1. The van der Waals surface area contributed by atoms with Crippen molar-refractivity contribution in [3.8, 4) is 0 Å². The van der Waals surface area contributed by atoms with Crippen molar-refractivity contribution in [2.75, 3.05) is 39.9 Å². The lowest BCUT2D eigenvalue weighted by Crippen LogP contribution is -2.49. The Morgan fingerprint density at radius 3 is 2.43 bits per heavy atom. The molecular weight excluding hydrogens is 291 g/mol. The van der Waals surface area contributed by atoms with Crippen molar-refractivity contribution in [3.05, 3.63) is 0 Å². The van der Waals surface area contributed by atoms with Crippen molar-refractivity contribution in [3.63, 3.8) is 0 Å². The minimum absolute atomic E-state index is 0.0134. The Hall–Kier alpha value is -1.35. The highest BCUT2D eigenvalue weighted by molar-refractivity contribution is 5.79. The summed E-state index contributed by atoms with van der Waals surface area (Å²) in [6.45, 7) is -0.683. The zero-order valence-electron chi connectivity index (χ0n) is 11.8. The molecule has 6 nitrogen and oxygen atoms in total. The van der Waals surface area contributed by atoms with Crippen LogP contribution >= 0.6 is 0 Å². The van der Waals surface area contributed by atoms with Gasteiger partial charge < -0.3 is 20.3 Å². The van der Waals surface area contributed by atoms with Gasteiger partial charge in [-0.25, -0.2) is 0 Å². The van der Waals surface area contributed by atoms with Crippen LogP contribution in [0.2, 0.25) is 0 Å². The van der Waals surface area contributed by atoms with E-state index in [9.17, 15) is 22.8 Å². The lowest BCUT2D eigenvalue weighted by molar-refractivity contribution is -0.135. The molecule has 2 N–H and O–H groups in total. The van der Waals surface area contributed by atoms with Crippen molar-refractivity contribution < 1.29 is 27.5 Å². The average molecular weight is 311 g/mol. The number of nitrogens with zero attached hydrogens (tertiary/aromatic N) is 1. The molecule has 1 fully saturated rings. The third-order valence-corrected chi connectivity index (χ3v) is 3.09. The van der Waals surface area contributed by atoms with Gasteiger partial charge in [0, 0.05) is 26.2 Å². The first kappa shape index (κ1) is 17.7. The van der Waals surface area contributed by atoms with Crippen LogP contribution in [0.5, 0.6) is 0 Å². The van der Waals surface area contributed by atoms with Gasteiger partial charge in [-0.05, 0) is 12.8 Å². The fraction of sp³-hybridized carbons (Fsp3) is 0.833. The van der Waals surface area contributed by atoms with Gasteiger partial charge in [-0.1, -0.05) is 0 Å². The summed E-state index contributed by atoms with van der Waals surface area (Å²) in [5.74, 6) is -0.574. The van der Waals surface area contributed by atoms with Crippen molar-refractivity contribution in [1.82, 2.24) is 15.5 Å². The van der Waals surface area contributed by atoms with Crippen LogP contribution in [0.15, 0.2) is 0 Å². The van der Waals surface area contributed by atoms with Gasteiger partial charge >= 0.3 is 6.18 Å². The molecule has 0 atom stereocenters. The summed E-state index contributed by atoms with van der Waals surface area (Å²) < 4.78 is 40.5. The number of nitrogens with one attached hydrogen (secondary N) is 2. The second-order valence-corrected chi connectivity index (χ2v) is 4.87. The van der Waals surface area contributed by atoms with E-state index in [0.29, 0.717) is 25.9 Å². The number of hydrogen-bond acceptors (Lipinski definition) is 4. The van der Waals surface area contributed by atoms with E-state index in [0.717, 1.165) is 0 Å². The monoisotopic (exact) mass is 311 g/mol. The molecule has 9 heteroatoms. The van der Waals surface area contributed by atoms with Gasteiger partial charge in [0.2, 0.25) is 11.8 Å². The highest BCUT2D eigenvalue weighted by Crippen LogP contribution is 2.13. The second-order valence-electron chi connectivity index (χ2n) is 4.87. The molecule has 0 aromatic heterocycles. The van der Waals surface area contributed by atoms with E-state index in [-0.39, 0.29) is 31.0 Å². The number of ether oxygens (including phenoxy) is 1. The maximum atomic E-state index is 11.9. The van der Waals surface area contributed by atoms with E-state index in [1.165, 1.54) is 12.0 Å². The zero-order valence-corrected chi connectivity index (χ0v) is 11.8. The molecule has 0 unspecified atom stereocenters. The van der Waals surface area contributed by atoms with E-state index < -0.39 is 12.7 Å². The number of alkyl halides is 3. The predicted molar refractivity (Wildman–Crippen MR) is 68.5 cm³/mol. The summed E-state index contributed by atoms with van der Waals surface area (Å²) >= 11 is 0. The van der Waals surface area contributed by atoms with Crippen LogP contribution in [-0.2, 0) is 14.3 Å². The van der Waals surface area contributed by atoms with Crippen molar-refractivity contribution >= 4 is 11.8 Å². The van der Waals surface area contributed by atoms with Gasteiger partial charge in [0.15, 0.2) is 0 Å². The Kier molecular flexibility index (Phi) is 6.90. The largest absolute Gasteiger partial charge is 0.401 e. The Morgan fingerprint density at radius 1 is 1.29 bits per heavy atom. The van der Waals surface area contributed by atoms with Crippen LogP contribution in [0.4, 0.5) is 13.2 Å². The highest BCUT2D eigenvalue weighted by Gasteiger charge is 2.28. The summed E-state index contributed by atoms with van der Waals surface area (Å²) in [4.78, 5) is 24.5. The summed E-state index contributed by atoms with van der Waals surface area (Å²) in [5.41, 5.74) is 0. The van der Waals surface area contributed by atoms with E-state index in [2.05, 4.69) is 10.6 Å². The molecule has 0 spiro atoms. The molecule has 0 aromatic rings. The average Bonchev–Trinajstić information content (AvgIpc) is 2.38. The van der Waals surface area contributed by atoms with Crippen LogP contribution in [0.3, 0.4) is 0 Å². The van der Waals surface area contributed by atoms with Gasteiger partial charge in [0.1, 0.15) is 6.61 Å². The second kappa shape index (κ2) is 8.18. The standard InChI is InChI=1S/C12H20F3N3O3/c1-21-7-10(19)17-9-2-4-18(5-3-9)11(20)6-16-8-12(13,14)15/h9,16H,2-8H2,1H3,(H,17,19). The van der Waals surface area contributed by atoms with Crippen LogP contribution in [0.25, 0.3) is 0 Å². The fourth-order valence-electron chi connectivity index (χ4n) is 2.10. The van der Waals surface area contributed by atoms with Gasteiger partial charge in [-0.15, -0.1) is 0 Å². The van der Waals surface area contributed by atoms with Crippen molar-refractivity contribution in [1.29, 1.82) is 0 Å². The van der Waals surface area contributed by atoms with Gasteiger partial charge in [-0.2, -0.15) is 13.2 Å². The highest BCUT2D eigenvalue weighted by atomic mass is 19.4. The van der Waals surface area contributed by atoms with E-state index >= 15 is 0 Å². The predicted octanol–water partition coefficient (Wildman–Crippen LogP) is -0.108.